The minimum atomic E-state index is -0.639. The van der Waals surface area contributed by atoms with E-state index in [4.69, 9.17) is 17.3 Å². The Balaban J connectivity index is 2.43. The third-order valence-corrected chi connectivity index (χ3v) is 3.48. The smallest absolute Gasteiger partial charge is 0.172 e. The lowest BCUT2D eigenvalue weighted by Crippen LogP contribution is -1.97. The summed E-state index contributed by atoms with van der Waals surface area (Å²) < 4.78 is 27.8. The Bertz CT molecular complexity index is 818. The fraction of sp³-hybridized carbons (Fsp3) is 0. The molecule has 0 atom stereocenters. The highest BCUT2D eigenvalue weighted by Gasteiger charge is 2.16. The van der Waals surface area contributed by atoms with Gasteiger partial charge in [-0.3, -0.25) is 4.98 Å². The second kappa shape index (κ2) is 4.72. The molecule has 1 heterocycles. The normalized spacial score (nSPS) is 10.9. The monoisotopic (exact) mass is 290 g/mol. The molecule has 2 nitrogen and oxygen atoms in total. The number of nitrogen functional groups attached to an aromatic ring is 1. The van der Waals surface area contributed by atoms with Gasteiger partial charge in [0.15, 0.2) is 5.82 Å². The number of nitrogens with zero attached hydrogens (tertiary/aromatic N) is 1. The third-order valence-electron chi connectivity index (χ3n) is 3.11. The fourth-order valence-electron chi connectivity index (χ4n) is 2.15. The van der Waals surface area contributed by atoms with E-state index in [1.54, 1.807) is 24.3 Å². The lowest BCUT2D eigenvalue weighted by atomic mass is 10.0. The lowest BCUT2D eigenvalue weighted by molar-refractivity contribution is 0.628. The second-order valence-corrected chi connectivity index (χ2v) is 4.71. The van der Waals surface area contributed by atoms with Gasteiger partial charge in [0.1, 0.15) is 11.5 Å². The zero-order valence-electron chi connectivity index (χ0n) is 10.2. The lowest BCUT2D eigenvalue weighted by Gasteiger charge is -2.10. The van der Waals surface area contributed by atoms with Gasteiger partial charge in [0.25, 0.3) is 0 Å². The Kier molecular flexibility index (Phi) is 3.03. The average molecular weight is 291 g/mol. The molecule has 2 N–H and O–H groups in total. The molecule has 3 rings (SSSR count). The number of hydrogen-bond donors (Lipinski definition) is 1. The van der Waals surface area contributed by atoms with Crippen molar-refractivity contribution in [3.05, 3.63) is 59.3 Å². The molecule has 0 saturated heterocycles. The topological polar surface area (TPSA) is 38.9 Å². The summed E-state index contributed by atoms with van der Waals surface area (Å²) in [5.41, 5.74) is 6.01. The van der Waals surface area contributed by atoms with E-state index in [1.807, 2.05) is 0 Å². The molecule has 5 heteroatoms. The van der Waals surface area contributed by atoms with E-state index in [2.05, 4.69) is 4.98 Å². The highest BCUT2D eigenvalue weighted by atomic mass is 35.5. The molecule has 0 aliphatic carbocycles. The molecule has 100 valence electrons. The van der Waals surface area contributed by atoms with Gasteiger partial charge in [-0.15, -0.1) is 0 Å². The van der Waals surface area contributed by atoms with Crippen molar-refractivity contribution < 1.29 is 8.78 Å². The number of rotatable bonds is 1. The number of anilines is 1. The fourth-order valence-corrected chi connectivity index (χ4v) is 2.43. The van der Waals surface area contributed by atoms with E-state index in [9.17, 15) is 8.78 Å². The summed E-state index contributed by atoms with van der Waals surface area (Å²) in [6.07, 6.45) is 1.40. The molecule has 2 aromatic carbocycles. The highest BCUT2D eigenvalue weighted by Crippen LogP contribution is 2.36. The first-order chi connectivity index (χ1) is 9.59. The van der Waals surface area contributed by atoms with Gasteiger partial charge < -0.3 is 5.73 Å². The van der Waals surface area contributed by atoms with Crippen molar-refractivity contribution in [2.24, 2.45) is 0 Å². The summed E-state index contributed by atoms with van der Waals surface area (Å²) in [5.74, 6) is -1.20. The van der Waals surface area contributed by atoms with E-state index >= 15 is 0 Å². The van der Waals surface area contributed by atoms with Crippen LogP contribution < -0.4 is 5.73 Å². The summed E-state index contributed by atoms with van der Waals surface area (Å²) in [7, 11) is 0. The van der Waals surface area contributed by atoms with Gasteiger partial charge in [-0.05, 0) is 17.5 Å². The van der Waals surface area contributed by atoms with E-state index in [1.165, 1.54) is 18.3 Å². The largest absolute Gasteiger partial charge is 0.396 e. The van der Waals surface area contributed by atoms with Gasteiger partial charge in [0.05, 0.1) is 10.7 Å². The van der Waals surface area contributed by atoms with Crippen LogP contribution in [0, 0.1) is 11.6 Å². The van der Waals surface area contributed by atoms with Crippen molar-refractivity contribution in [2.45, 2.75) is 0 Å². The first-order valence-corrected chi connectivity index (χ1v) is 6.24. The molecule has 1 aromatic heterocycles. The number of aromatic nitrogens is 1. The van der Waals surface area contributed by atoms with E-state index in [-0.39, 0.29) is 16.4 Å². The molecular formula is C15H9ClF2N2. The SMILES string of the molecule is Nc1ccnc(-c2cccc3ccc(F)c(Cl)c23)c1F. The summed E-state index contributed by atoms with van der Waals surface area (Å²) in [5, 5.41) is 1.07. The Labute approximate surface area is 118 Å². The van der Waals surface area contributed by atoms with Crippen molar-refractivity contribution >= 4 is 28.1 Å². The second-order valence-electron chi connectivity index (χ2n) is 4.33. The molecular weight excluding hydrogens is 282 g/mol. The average Bonchev–Trinajstić information content (AvgIpc) is 2.45. The molecule has 0 bridgehead atoms. The first-order valence-electron chi connectivity index (χ1n) is 5.86. The number of hydrogen-bond acceptors (Lipinski definition) is 2. The van der Waals surface area contributed by atoms with E-state index < -0.39 is 11.6 Å². The molecule has 0 amide bonds. The summed E-state index contributed by atoms with van der Waals surface area (Å²) in [6.45, 7) is 0. The van der Waals surface area contributed by atoms with Crippen molar-refractivity contribution in [1.82, 2.24) is 4.98 Å². The molecule has 0 radical (unpaired) electrons. The number of nitrogens with two attached hydrogens (primary N) is 1. The number of pyridine rings is 1. The Morgan fingerprint density at radius 3 is 2.65 bits per heavy atom. The predicted molar refractivity (Wildman–Crippen MR) is 76.5 cm³/mol. The Hall–Kier alpha value is -2.20. The zero-order chi connectivity index (χ0) is 14.3. The number of halogens is 3. The van der Waals surface area contributed by atoms with Crippen molar-refractivity contribution in [1.29, 1.82) is 0 Å². The van der Waals surface area contributed by atoms with Crippen LogP contribution in [0.4, 0.5) is 14.5 Å². The van der Waals surface area contributed by atoms with Crippen LogP contribution in [0.1, 0.15) is 0 Å². The van der Waals surface area contributed by atoms with Crippen LogP contribution in [0.15, 0.2) is 42.6 Å². The zero-order valence-corrected chi connectivity index (χ0v) is 11.0. The van der Waals surface area contributed by atoms with Crippen LogP contribution in [-0.4, -0.2) is 4.98 Å². The molecule has 0 aliphatic rings. The van der Waals surface area contributed by atoms with Crippen LogP contribution >= 0.6 is 11.6 Å². The maximum atomic E-state index is 14.1. The summed E-state index contributed by atoms with van der Waals surface area (Å²) >= 11 is 6.02. The maximum Gasteiger partial charge on any atom is 0.172 e. The minimum Gasteiger partial charge on any atom is -0.396 e. The van der Waals surface area contributed by atoms with E-state index in [0.29, 0.717) is 16.3 Å². The number of fused-ring (bicyclic) bond motifs is 1. The first kappa shape index (κ1) is 12.8. The molecule has 3 aromatic rings. The maximum absolute atomic E-state index is 14.1. The Morgan fingerprint density at radius 1 is 1.05 bits per heavy atom. The van der Waals surface area contributed by atoms with Crippen LogP contribution in [-0.2, 0) is 0 Å². The van der Waals surface area contributed by atoms with Crippen molar-refractivity contribution in [3.63, 3.8) is 0 Å². The third kappa shape index (κ3) is 1.89. The minimum absolute atomic E-state index is 0.0143. The molecule has 0 fully saturated rings. The quantitative estimate of drug-likeness (QED) is 0.721. The van der Waals surface area contributed by atoms with Crippen LogP contribution in [0.2, 0.25) is 5.02 Å². The highest BCUT2D eigenvalue weighted by molar-refractivity contribution is 6.36. The van der Waals surface area contributed by atoms with Crippen molar-refractivity contribution in [2.75, 3.05) is 5.73 Å². The predicted octanol–water partition coefficient (Wildman–Crippen LogP) is 4.42. The standard InChI is InChI=1S/C15H9ClF2N2/c16-13-10(17)5-4-8-2-1-3-9(12(8)13)15-14(18)11(19)6-7-20-15/h1-7H,(H2,19,20). The van der Waals surface area contributed by atoms with Crippen LogP contribution in [0.5, 0.6) is 0 Å². The van der Waals surface area contributed by atoms with E-state index in [0.717, 1.165) is 0 Å². The molecule has 0 saturated carbocycles. The Morgan fingerprint density at radius 2 is 1.85 bits per heavy atom. The van der Waals surface area contributed by atoms with Gasteiger partial charge in [-0.2, -0.15) is 0 Å². The molecule has 0 aliphatic heterocycles. The molecule has 20 heavy (non-hydrogen) atoms. The summed E-state index contributed by atoms with van der Waals surface area (Å²) in [4.78, 5) is 3.99. The van der Waals surface area contributed by atoms with Gasteiger partial charge in [0.2, 0.25) is 0 Å². The summed E-state index contributed by atoms with van der Waals surface area (Å²) in [6, 6.07) is 9.37. The van der Waals surface area contributed by atoms with Crippen LogP contribution in [0.25, 0.3) is 22.0 Å². The van der Waals surface area contributed by atoms with Crippen LogP contribution in [0.3, 0.4) is 0 Å². The molecule has 0 unspecified atom stereocenters. The molecule has 0 spiro atoms. The number of benzene rings is 2. The van der Waals surface area contributed by atoms with Gasteiger partial charge in [0, 0.05) is 17.1 Å². The van der Waals surface area contributed by atoms with Crippen molar-refractivity contribution in [3.8, 4) is 11.3 Å². The van der Waals surface area contributed by atoms with Gasteiger partial charge >= 0.3 is 0 Å². The van der Waals surface area contributed by atoms with Gasteiger partial charge in [-0.25, -0.2) is 8.78 Å². The van der Waals surface area contributed by atoms with Gasteiger partial charge in [-0.1, -0.05) is 35.9 Å².